The highest BCUT2D eigenvalue weighted by molar-refractivity contribution is 7.47. The number of phosphoric acid groups is 2. The molecule has 0 aliphatic carbocycles. The van der Waals surface area contributed by atoms with Crippen molar-refractivity contribution in [3.8, 4) is 0 Å². The molecule has 0 saturated heterocycles. The van der Waals surface area contributed by atoms with Gasteiger partial charge in [0.2, 0.25) is 0 Å². The molecular formula is C77H136O17P2. The van der Waals surface area contributed by atoms with Gasteiger partial charge in [-0.05, 0) is 116 Å². The van der Waals surface area contributed by atoms with Crippen LogP contribution in [0.1, 0.15) is 323 Å². The molecule has 0 aromatic carbocycles. The van der Waals surface area contributed by atoms with Gasteiger partial charge in [-0.25, -0.2) is 9.13 Å². The van der Waals surface area contributed by atoms with Crippen LogP contribution < -0.4 is 0 Å². The van der Waals surface area contributed by atoms with E-state index in [-0.39, 0.29) is 25.7 Å². The van der Waals surface area contributed by atoms with Crippen molar-refractivity contribution < 1.29 is 80.2 Å². The van der Waals surface area contributed by atoms with Gasteiger partial charge in [0.15, 0.2) is 12.2 Å². The molecule has 19 heteroatoms. The van der Waals surface area contributed by atoms with Crippen LogP contribution in [0.15, 0.2) is 85.1 Å². The molecule has 556 valence electrons. The topological polar surface area (TPSA) is 237 Å². The predicted molar refractivity (Wildman–Crippen MR) is 390 cm³/mol. The predicted octanol–water partition coefficient (Wildman–Crippen LogP) is 21.4. The lowest BCUT2D eigenvalue weighted by Crippen LogP contribution is -2.30. The zero-order valence-corrected chi connectivity index (χ0v) is 62.3. The summed E-state index contributed by atoms with van der Waals surface area (Å²) in [7, 11) is -9.95. The summed E-state index contributed by atoms with van der Waals surface area (Å²) in [5.74, 6) is -2.23. The van der Waals surface area contributed by atoms with Crippen LogP contribution in [0, 0.1) is 0 Å². The Morgan fingerprint density at radius 2 is 0.562 bits per heavy atom. The third-order valence-corrected chi connectivity index (χ3v) is 17.7. The van der Waals surface area contributed by atoms with Gasteiger partial charge in [0, 0.05) is 25.7 Å². The minimum Gasteiger partial charge on any atom is -0.462 e. The average molecular weight is 1400 g/mol. The lowest BCUT2D eigenvalue weighted by atomic mass is 10.0. The second kappa shape index (κ2) is 69.7. The molecule has 5 atom stereocenters. The maximum Gasteiger partial charge on any atom is 0.472 e. The Kier molecular flexibility index (Phi) is 67.0. The molecule has 0 bridgehead atoms. The molecule has 0 rings (SSSR count). The van der Waals surface area contributed by atoms with Gasteiger partial charge < -0.3 is 33.8 Å². The number of phosphoric ester groups is 2. The van der Waals surface area contributed by atoms with E-state index < -0.39 is 97.5 Å². The Morgan fingerprint density at radius 3 is 0.917 bits per heavy atom. The van der Waals surface area contributed by atoms with Crippen LogP contribution in [0.3, 0.4) is 0 Å². The summed E-state index contributed by atoms with van der Waals surface area (Å²) in [6, 6.07) is 0. The lowest BCUT2D eigenvalue weighted by molar-refractivity contribution is -0.161. The summed E-state index contributed by atoms with van der Waals surface area (Å²) < 4.78 is 68.4. The van der Waals surface area contributed by atoms with E-state index in [1.807, 2.05) is 0 Å². The lowest BCUT2D eigenvalue weighted by Gasteiger charge is -2.21. The number of carbonyl (C=O) groups is 4. The standard InChI is InChI=1S/C77H136O17P2/c1-5-9-13-17-21-25-29-33-35-39-41-45-49-53-57-61-74(79)87-67-72(93-76(81)63-59-55-51-47-43-37-31-27-23-19-15-11-7-3)69-91-95(83,84)89-65-71(78)66-90-96(85,86)92-70-73(94-77(82)64-60-56-52-48-44-38-32-28-24-20-16-12-8-4)68-88-75(80)62-58-54-50-46-42-40-36-34-30-26-22-18-14-10-6-2/h9,13,16,20-21,25,27-28,31-33,35,41,45,71-73,78H,5-8,10-12,14-15,17-19,22-24,26,29-30,34,36-40,42-44,46-70H2,1-4H3,(H,83,84)(H,85,86)/b13-9-,20-16-,25-21-,31-27-,32-28-,35-33-,45-41-. The first-order valence-electron chi connectivity index (χ1n) is 37.8. The molecule has 0 amide bonds. The van der Waals surface area contributed by atoms with Crippen molar-refractivity contribution in [1.29, 1.82) is 0 Å². The highest BCUT2D eigenvalue weighted by Gasteiger charge is 2.30. The summed E-state index contributed by atoms with van der Waals surface area (Å²) in [5.41, 5.74) is 0. The van der Waals surface area contributed by atoms with Crippen LogP contribution in [-0.4, -0.2) is 96.7 Å². The zero-order chi connectivity index (χ0) is 70.4. The molecule has 0 radical (unpaired) electrons. The fourth-order valence-electron chi connectivity index (χ4n) is 10.1. The van der Waals surface area contributed by atoms with Crippen molar-refractivity contribution in [2.75, 3.05) is 39.6 Å². The fourth-order valence-corrected chi connectivity index (χ4v) is 11.6. The largest absolute Gasteiger partial charge is 0.472 e. The Bertz CT molecular complexity index is 2160. The summed E-state index contributed by atoms with van der Waals surface area (Å²) in [5, 5.41) is 10.6. The monoisotopic (exact) mass is 1390 g/mol. The van der Waals surface area contributed by atoms with Crippen LogP contribution in [0.5, 0.6) is 0 Å². The maximum atomic E-state index is 13.1. The van der Waals surface area contributed by atoms with E-state index in [1.54, 1.807) is 0 Å². The van der Waals surface area contributed by atoms with E-state index in [2.05, 4.69) is 113 Å². The highest BCUT2D eigenvalue weighted by Crippen LogP contribution is 2.45. The van der Waals surface area contributed by atoms with Crippen LogP contribution >= 0.6 is 15.6 Å². The minimum atomic E-state index is -4.98. The zero-order valence-electron chi connectivity index (χ0n) is 60.5. The van der Waals surface area contributed by atoms with Crippen molar-refractivity contribution >= 4 is 39.5 Å². The van der Waals surface area contributed by atoms with Gasteiger partial charge >= 0.3 is 39.5 Å². The van der Waals surface area contributed by atoms with Gasteiger partial charge in [0.1, 0.15) is 19.3 Å². The number of rotatable bonds is 71. The number of esters is 4. The second-order valence-corrected chi connectivity index (χ2v) is 28.1. The van der Waals surface area contributed by atoms with Gasteiger partial charge in [0.05, 0.1) is 26.4 Å². The van der Waals surface area contributed by atoms with E-state index in [9.17, 15) is 43.2 Å². The molecule has 0 fully saturated rings. The summed E-state index contributed by atoms with van der Waals surface area (Å²) in [6.45, 7) is 4.64. The molecule has 96 heavy (non-hydrogen) atoms. The van der Waals surface area contributed by atoms with E-state index in [1.165, 1.54) is 96.3 Å². The third-order valence-electron chi connectivity index (χ3n) is 15.8. The number of aliphatic hydroxyl groups excluding tert-OH is 1. The number of unbranched alkanes of at least 4 members (excludes halogenated alkanes) is 31. The van der Waals surface area contributed by atoms with Crippen LogP contribution in [-0.2, 0) is 65.4 Å². The van der Waals surface area contributed by atoms with E-state index in [0.29, 0.717) is 25.7 Å². The molecule has 0 aliphatic heterocycles. The number of aliphatic hydroxyl groups is 1. The van der Waals surface area contributed by atoms with E-state index in [4.69, 9.17) is 37.0 Å². The molecule has 0 aliphatic rings. The smallest absolute Gasteiger partial charge is 0.462 e. The van der Waals surface area contributed by atoms with Crippen molar-refractivity contribution in [1.82, 2.24) is 0 Å². The molecular weight excluding hydrogens is 1260 g/mol. The number of hydrogen-bond donors (Lipinski definition) is 3. The first-order chi connectivity index (χ1) is 46.7. The molecule has 0 saturated carbocycles. The SMILES string of the molecule is CC/C=C\C/C=C\C/C=C\C/C=C\CCCCC(=O)OCC(COP(=O)(O)OCC(O)COP(=O)(O)OCC(COC(=O)CCCCCCCCCCCCCCCCC)OC(=O)CCCCCCC/C=C\C/C=C\CCC)OC(=O)CCCCCCC/C=C\CCCCCC. The minimum absolute atomic E-state index is 0.0765. The molecule has 0 aromatic rings. The summed E-state index contributed by atoms with van der Waals surface area (Å²) in [4.78, 5) is 72.8. The molecule has 17 nitrogen and oxygen atoms in total. The first kappa shape index (κ1) is 92.2. The molecule has 0 aromatic heterocycles. The number of ether oxygens (including phenoxy) is 4. The van der Waals surface area contributed by atoms with Crippen molar-refractivity contribution in [3.05, 3.63) is 85.1 Å². The Morgan fingerprint density at radius 1 is 0.302 bits per heavy atom. The summed E-state index contributed by atoms with van der Waals surface area (Å²) in [6.07, 6.45) is 70.1. The Labute approximate surface area is 583 Å². The first-order valence-corrected chi connectivity index (χ1v) is 40.8. The van der Waals surface area contributed by atoms with E-state index >= 15 is 0 Å². The molecule has 5 unspecified atom stereocenters. The van der Waals surface area contributed by atoms with Gasteiger partial charge in [-0.3, -0.25) is 37.3 Å². The van der Waals surface area contributed by atoms with Crippen molar-refractivity contribution in [3.63, 3.8) is 0 Å². The molecule has 3 N–H and O–H groups in total. The number of allylic oxidation sites excluding steroid dienone is 14. The van der Waals surface area contributed by atoms with Gasteiger partial charge in [-0.15, -0.1) is 0 Å². The van der Waals surface area contributed by atoms with Gasteiger partial charge in [0.25, 0.3) is 0 Å². The molecule has 0 spiro atoms. The van der Waals surface area contributed by atoms with E-state index in [0.717, 1.165) is 148 Å². The fraction of sp³-hybridized carbons (Fsp3) is 0.766. The Balaban J connectivity index is 5.36. The third kappa shape index (κ3) is 68.8. The van der Waals surface area contributed by atoms with Crippen molar-refractivity contribution in [2.45, 2.75) is 341 Å². The molecule has 0 heterocycles. The number of carbonyl (C=O) groups excluding carboxylic acids is 4. The number of hydrogen-bond acceptors (Lipinski definition) is 15. The van der Waals surface area contributed by atoms with Gasteiger partial charge in [-0.1, -0.05) is 267 Å². The van der Waals surface area contributed by atoms with Crippen LogP contribution in [0.4, 0.5) is 0 Å². The normalized spacial score (nSPS) is 14.4. The second-order valence-electron chi connectivity index (χ2n) is 25.2. The quantitative estimate of drug-likeness (QED) is 0.0169. The van der Waals surface area contributed by atoms with Crippen LogP contribution in [0.2, 0.25) is 0 Å². The maximum absolute atomic E-state index is 13.1. The van der Waals surface area contributed by atoms with Gasteiger partial charge in [-0.2, -0.15) is 0 Å². The summed E-state index contributed by atoms with van der Waals surface area (Å²) >= 11 is 0. The average Bonchev–Trinajstić information content (AvgIpc) is 1.14. The highest BCUT2D eigenvalue weighted by atomic mass is 31.2. The Hall–Kier alpha value is -3.76. The van der Waals surface area contributed by atoms with Crippen molar-refractivity contribution in [2.24, 2.45) is 0 Å². The van der Waals surface area contributed by atoms with Crippen LogP contribution in [0.25, 0.3) is 0 Å².